The summed E-state index contributed by atoms with van der Waals surface area (Å²) < 4.78 is 12.6. The summed E-state index contributed by atoms with van der Waals surface area (Å²) in [4.78, 5) is 0. The van der Waals surface area contributed by atoms with Gasteiger partial charge in [0.05, 0.1) is 5.60 Å². The third-order valence-electron chi connectivity index (χ3n) is 2.80. The molecule has 1 aromatic carbocycles. The molecule has 1 aliphatic carbocycles. The zero-order chi connectivity index (χ0) is 9.47. The van der Waals surface area contributed by atoms with E-state index in [0.717, 1.165) is 18.4 Å². The Bertz CT molecular complexity index is 298. The van der Waals surface area contributed by atoms with Crippen molar-refractivity contribution in [1.82, 2.24) is 0 Å². The standard InChI is InChI=1S/C11H13FO/c1-11(13,8-2-3-8)9-4-6-10(12)7-5-9/h4-8,13H,2-3H2,1H3/t11-/m0/s1. The van der Waals surface area contributed by atoms with Gasteiger partial charge in [0.2, 0.25) is 0 Å². The SMILES string of the molecule is C[C@@](O)(c1ccc(F)cc1)C1CC1. The molecule has 0 radical (unpaired) electrons. The van der Waals surface area contributed by atoms with Crippen LogP contribution < -0.4 is 0 Å². The number of aliphatic hydroxyl groups is 1. The maximum atomic E-state index is 12.6. The molecule has 0 amide bonds. The van der Waals surface area contributed by atoms with Crippen LogP contribution in [0, 0.1) is 11.7 Å². The highest BCUT2D eigenvalue weighted by Crippen LogP contribution is 2.45. The van der Waals surface area contributed by atoms with Crippen LogP contribution in [-0.2, 0) is 5.60 Å². The monoisotopic (exact) mass is 180 g/mol. The quantitative estimate of drug-likeness (QED) is 0.741. The van der Waals surface area contributed by atoms with Gasteiger partial charge in [-0.3, -0.25) is 0 Å². The maximum absolute atomic E-state index is 12.6. The zero-order valence-corrected chi connectivity index (χ0v) is 7.63. The molecule has 1 nitrogen and oxygen atoms in total. The van der Waals surface area contributed by atoms with Gasteiger partial charge in [0, 0.05) is 0 Å². The first-order valence-electron chi connectivity index (χ1n) is 4.59. The Morgan fingerprint density at radius 3 is 2.31 bits per heavy atom. The van der Waals surface area contributed by atoms with E-state index in [9.17, 15) is 9.50 Å². The highest BCUT2D eigenvalue weighted by Gasteiger charge is 2.40. The third-order valence-corrected chi connectivity index (χ3v) is 2.80. The van der Waals surface area contributed by atoms with Crippen molar-refractivity contribution >= 4 is 0 Å². The zero-order valence-electron chi connectivity index (χ0n) is 7.63. The van der Waals surface area contributed by atoms with E-state index in [1.54, 1.807) is 19.1 Å². The number of rotatable bonds is 2. The topological polar surface area (TPSA) is 20.2 Å². The van der Waals surface area contributed by atoms with Crippen LogP contribution in [0.4, 0.5) is 4.39 Å². The summed E-state index contributed by atoms with van der Waals surface area (Å²) in [5.74, 6) is 0.105. The Labute approximate surface area is 77.2 Å². The van der Waals surface area contributed by atoms with Gasteiger partial charge in [-0.15, -0.1) is 0 Å². The first-order valence-corrected chi connectivity index (χ1v) is 4.59. The predicted molar refractivity (Wildman–Crippen MR) is 48.7 cm³/mol. The molecule has 2 rings (SSSR count). The molecule has 2 heteroatoms. The van der Waals surface area contributed by atoms with Crippen LogP contribution in [0.2, 0.25) is 0 Å². The number of benzene rings is 1. The molecule has 70 valence electrons. The number of hydrogen-bond acceptors (Lipinski definition) is 1. The molecule has 0 aromatic heterocycles. The van der Waals surface area contributed by atoms with Crippen LogP contribution in [0.25, 0.3) is 0 Å². The predicted octanol–water partition coefficient (Wildman–Crippen LogP) is 2.44. The molecular formula is C11H13FO. The average molecular weight is 180 g/mol. The molecule has 0 saturated heterocycles. The largest absolute Gasteiger partial charge is 0.385 e. The Kier molecular flexibility index (Phi) is 1.88. The van der Waals surface area contributed by atoms with Crippen LogP contribution in [0.15, 0.2) is 24.3 Å². The van der Waals surface area contributed by atoms with Crippen molar-refractivity contribution in [3.05, 3.63) is 35.6 Å². The lowest BCUT2D eigenvalue weighted by molar-refractivity contribution is 0.0330. The molecule has 1 fully saturated rings. The fourth-order valence-corrected chi connectivity index (χ4v) is 1.67. The molecular weight excluding hydrogens is 167 g/mol. The van der Waals surface area contributed by atoms with Gasteiger partial charge in [-0.25, -0.2) is 4.39 Å². The van der Waals surface area contributed by atoms with Gasteiger partial charge in [-0.05, 0) is 43.4 Å². The van der Waals surface area contributed by atoms with E-state index in [0.29, 0.717) is 5.92 Å². The van der Waals surface area contributed by atoms with E-state index in [4.69, 9.17) is 0 Å². The van der Waals surface area contributed by atoms with Crippen LogP contribution in [0.3, 0.4) is 0 Å². The van der Waals surface area contributed by atoms with Crippen molar-refractivity contribution in [1.29, 1.82) is 0 Å². The minimum Gasteiger partial charge on any atom is -0.385 e. The molecule has 1 aromatic rings. The van der Waals surface area contributed by atoms with Gasteiger partial charge >= 0.3 is 0 Å². The molecule has 0 aliphatic heterocycles. The summed E-state index contributed by atoms with van der Waals surface area (Å²) in [6, 6.07) is 6.11. The van der Waals surface area contributed by atoms with Crippen LogP contribution in [0.5, 0.6) is 0 Å². The van der Waals surface area contributed by atoms with Crippen molar-refractivity contribution < 1.29 is 9.50 Å². The van der Waals surface area contributed by atoms with Gasteiger partial charge < -0.3 is 5.11 Å². The highest BCUT2D eigenvalue weighted by atomic mass is 19.1. The van der Waals surface area contributed by atoms with Crippen molar-refractivity contribution in [3.8, 4) is 0 Å². The van der Waals surface area contributed by atoms with Crippen LogP contribution in [-0.4, -0.2) is 5.11 Å². The molecule has 1 atom stereocenters. The molecule has 0 unspecified atom stereocenters. The van der Waals surface area contributed by atoms with Gasteiger partial charge in [-0.2, -0.15) is 0 Å². The molecule has 0 spiro atoms. The summed E-state index contributed by atoms with van der Waals surface area (Å²) in [6.07, 6.45) is 2.15. The summed E-state index contributed by atoms with van der Waals surface area (Å²) in [6.45, 7) is 1.80. The van der Waals surface area contributed by atoms with E-state index in [2.05, 4.69) is 0 Å². The Morgan fingerprint density at radius 1 is 1.31 bits per heavy atom. The second-order valence-electron chi connectivity index (χ2n) is 3.93. The third kappa shape index (κ3) is 1.59. The first-order chi connectivity index (χ1) is 6.10. The lowest BCUT2D eigenvalue weighted by atomic mass is 9.91. The van der Waals surface area contributed by atoms with Crippen molar-refractivity contribution in [2.75, 3.05) is 0 Å². The van der Waals surface area contributed by atoms with Crippen LogP contribution >= 0.6 is 0 Å². The lowest BCUT2D eigenvalue weighted by Crippen LogP contribution is -2.23. The second kappa shape index (κ2) is 2.81. The normalized spacial score (nSPS) is 21.2. The van der Waals surface area contributed by atoms with E-state index in [1.807, 2.05) is 0 Å². The second-order valence-corrected chi connectivity index (χ2v) is 3.93. The smallest absolute Gasteiger partial charge is 0.123 e. The maximum Gasteiger partial charge on any atom is 0.123 e. The highest BCUT2D eigenvalue weighted by molar-refractivity contribution is 5.24. The van der Waals surface area contributed by atoms with E-state index in [1.165, 1.54) is 12.1 Å². The van der Waals surface area contributed by atoms with Gasteiger partial charge in [-0.1, -0.05) is 12.1 Å². The molecule has 13 heavy (non-hydrogen) atoms. The van der Waals surface area contributed by atoms with Crippen molar-refractivity contribution in [2.24, 2.45) is 5.92 Å². The lowest BCUT2D eigenvalue weighted by Gasteiger charge is -2.23. The first kappa shape index (κ1) is 8.70. The Morgan fingerprint density at radius 2 is 1.85 bits per heavy atom. The van der Waals surface area contributed by atoms with Crippen molar-refractivity contribution in [3.63, 3.8) is 0 Å². The fraction of sp³-hybridized carbons (Fsp3) is 0.455. The Hall–Kier alpha value is -0.890. The van der Waals surface area contributed by atoms with Crippen LogP contribution in [0.1, 0.15) is 25.3 Å². The van der Waals surface area contributed by atoms with E-state index < -0.39 is 5.60 Å². The summed E-state index contributed by atoms with van der Waals surface area (Å²) in [7, 11) is 0. The molecule has 0 heterocycles. The van der Waals surface area contributed by atoms with E-state index in [-0.39, 0.29) is 5.82 Å². The minimum absolute atomic E-state index is 0.254. The molecule has 1 saturated carbocycles. The van der Waals surface area contributed by atoms with E-state index >= 15 is 0 Å². The van der Waals surface area contributed by atoms with Gasteiger partial charge in [0.25, 0.3) is 0 Å². The average Bonchev–Trinajstić information content (AvgIpc) is 2.87. The number of hydrogen-bond donors (Lipinski definition) is 1. The Balaban J connectivity index is 2.28. The molecule has 1 aliphatic rings. The number of halogens is 1. The summed E-state index contributed by atoms with van der Waals surface area (Å²) in [5.41, 5.74) is 0.0460. The fourth-order valence-electron chi connectivity index (χ4n) is 1.67. The summed E-state index contributed by atoms with van der Waals surface area (Å²) >= 11 is 0. The van der Waals surface area contributed by atoms with Gasteiger partial charge in [0.1, 0.15) is 5.82 Å². The van der Waals surface area contributed by atoms with Gasteiger partial charge in [0.15, 0.2) is 0 Å². The molecule has 0 bridgehead atoms. The molecule has 1 N–H and O–H groups in total. The summed E-state index contributed by atoms with van der Waals surface area (Å²) in [5, 5.41) is 10.1. The minimum atomic E-state index is -0.770. The van der Waals surface area contributed by atoms with Crippen molar-refractivity contribution in [2.45, 2.75) is 25.4 Å².